The quantitative estimate of drug-likeness (QED) is 0.866. The molecule has 0 aromatic carbocycles. The fraction of sp³-hybridized carbons (Fsp3) is 0.429. The highest BCUT2D eigenvalue weighted by Crippen LogP contribution is 2.34. The molecule has 7 heteroatoms. The van der Waals surface area contributed by atoms with E-state index in [2.05, 4.69) is 0 Å². The number of hydrogen-bond acceptors (Lipinski definition) is 2. The number of nitrogens with two attached hydrogens (primary N) is 1. The lowest BCUT2D eigenvalue weighted by Gasteiger charge is -2.12. The number of halogens is 5. The Morgan fingerprint density at radius 3 is 2.43 bits per heavy atom. The monoisotopic (exact) mass is 265 g/mol. The first kappa shape index (κ1) is 14.0. The molecule has 1 aromatic rings. The zero-order chi connectivity index (χ0) is 10.1. The van der Waals surface area contributed by atoms with Gasteiger partial charge in [-0.05, 0) is 11.4 Å². The lowest BCUT2D eigenvalue weighted by molar-refractivity contribution is -0.138. The summed E-state index contributed by atoms with van der Waals surface area (Å²) in [5, 5.41) is 1.93. The van der Waals surface area contributed by atoms with Crippen LogP contribution in [-0.2, 0) is 0 Å². The molecule has 0 unspecified atom stereocenters. The maximum atomic E-state index is 11.9. The van der Waals surface area contributed by atoms with Gasteiger partial charge in [-0.15, -0.1) is 23.7 Å². The van der Waals surface area contributed by atoms with Crippen LogP contribution in [0.5, 0.6) is 0 Å². The lowest BCUT2D eigenvalue weighted by atomic mass is 10.2. The third kappa shape index (κ3) is 4.04. The van der Waals surface area contributed by atoms with E-state index < -0.39 is 18.6 Å². The first-order chi connectivity index (χ1) is 5.90. The zero-order valence-corrected chi connectivity index (χ0v) is 9.23. The molecule has 0 spiro atoms. The van der Waals surface area contributed by atoms with Crippen molar-refractivity contribution >= 4 is 35.3 Å². The van der Waals surface area contributed by atoms with Crippen molar-refractivity contribution in [3.63, 3.8) is 0 Å². The zero-order valence-electron chi connectivity index (χ0n) is 6.84. The van der Waals surface area contributed by atoms with Gasteiger partial charge in [-0.2, -0.15) is 13.2 Å². The number of thiophene rings is 1. The summed E-state index contributed by atoms with van der Waals surface area (Å²) in [6.07, 6.45) is -5.28. The second kappa shape index (κ2) is 5.21. The van der Waals surface area contributed by atoms with E-state index >= 15 is 0 Å². The molecule has 0 bridgehead atoms. The molecule has 0 aliphatic heterocycles. The van der Waals surface area contributed by atoms with Gasteiger partial charge in [0, 0.05) is 10.9 Å². The molecule has 0 fully saturated rings. The molecule has 0 amide bonds. The van der Waals surface area contributed by atoms with E-state index in [1.165, 1.54) is 6.07 Å². The smallest absolute Gasteiger partial charge is 0.323 e. The van der Waals surface area contributed by atoms with Crippen LogP contribution in [-0.4, -0.2) is 6.18 Å². The van der Waals surface area contributed by atoms with Crippen LogP contribution in [0.3, 0.4) is 0 Å². The largest absolute Gasteiger partial charge is 0.390 e. The summed E-state index contributed by atoms with van der Waals surface area (Å²) >= 11 is 6.77. The minimum absolute atomic E-state index is 0. The first-order valence-corrected chi connectivity index (χ1v) is 4.71. The Hall–Kier alpha value is 0.0300. The van der Waals surface area contributed by atoms with Gasteiger partial charge in [-0.25, -0.2) is 0 Å². The molecule has 1 rings (SSSR count). The highest BCUT2D eigenvalue weighted by molar-refractivity contribution is 7.10. The Balaban J connectivity index is 0.00000169. The Labute approximate surface area is 94.5 Å². The summed E-state index contributed by atoms with van der Waals surface area (Å²) in [6, 6.07) is 0.491. The van der Waals surface area contributed by atoms with Gasteiger partial charge in [-0.3, -0.25) is 0 Å². The van der Waals surface area contributed by atoms with E-state index in [0.717, 1.165) is 11.3 Å². The fourth-order valence-corrected chi connectivity index (χ4v) is 2.11. The number of rotatable bonds is 2. The molecule has 1 aromatic heterocycles. The molecule has 1 nitrogen and oxygen atoms in total. The van der Waals surface area contributed by atoms with Crippen molar-refractivity contribution in [1.29, 1.82) is 0 Å². The first-order valence-electron chi connectivity index (χ1n) is 3.45. The van der Waals surface area contributed by atoms with Gasteiger partial charge in [0.25, 0.3) is 0 Å². The summed E-state index contributed by atoms with van der Waals surface area (Å²) in [5.74, 6) is 0. The van der Waals surface area contributed by atoms with Crippen LogP contribution in [0.25, 0.3) is 0 Å². The van der Waals surface area contributed by atoms with Gasteiger partial charge in [-0.1, -0.05) is 11.6 Å². The summed E-state index contributed by atoms with van der Waals surface area (Å²) < 4.78 is 35.7. The van der Waals surface area contributed by atoms with Crippen LogP contribution in [0.15, 0.2) is 11.4 Å². The van der Waals surface area contributed by atoms with E-state index in [0.29, 0.717) is 9.90 Å². The van der Waals surface area contributed by atoms with E-state index in [-0.39, 0.29) is 12.4 Å². The predicted molar refractivity (Wildman–Crippen MR) is 54.2 cm³/mol. The van der Waals surface area contributed by atoms with Crippen LogP contribution in [0.4, 0.5) is 13.2 Å². The molecule has 0 saturated heterocycles. The van der Waals surface area contributed by atoms with Crippen LogP contribution in [0.1, 0.15) is 17.3 Å². The van der Waals surface area contributed by atoms with Gasteiger partial charge >= 0.3 is 6.18 Å². The second-order valence-electron chi connectivity index (χ2n) is 2.56. The Morgan fingerprint density at radius 1 is 1.50 bits per heavy atom. The van der Waals surface area contributed by atoms with Crippen molar-refractivity contribution in [3.05, 3.63) is 21.3 Å². The molecule has 0 aliphatic carbocycles. The van der Waals surface area contributed by atoms with Gasteiger partial charge in [0.1, 0.15) is 0 Å². The molecular weight excluding hydrogens is 258 g/mol. The third-order valence-corrected chi connectivity index (χ3v) is 2.92. The molecule has 0 aliphatic rings. The third-order valence-electron chi connectivity index (χ3n) is 1.43. The van der Waals surface area contributed by atoms with Crippen LogP contribution < -0.4 is 5.73 Å². The molecule has 1 atom stereocenters. The predicted octanol–water partition coefficient (Wildman–Crippen LogP) is 3.78. The van der Waals surface area contributed by atoms with Gasteiger partial charge in [0.15, 0.2) is 0 Å². The highest BCUT2D eigenvalue weighted by Gasteiger charge is 2.31. The topological polar surface area (TPSA) is 26.0 Å². The van der Waals surface area contributed by atoms with E-state index in [1.807, 2.05) is 0 Å². The molecule has 14 heavy (non-hydrogen) atoms. The van der Waals surface area contributed by atoms with Crippen molar-refractivity contribution in [1.82, 2.24) is 0 Å². The van der Waals surface area contributed by atoms with Crippen molar-refractivity contribution in [2.45, 2.75) is 18.6 Å². The standard InChI is InChI=1S/C7H7ClF3NS.ClH/c8-4-1-2-13-6(4)5(12)3-7(9,10)11;/h1-2,5H,3,12H2;1H/t5-;/m0./s1. The molecule has 1 heterocycles. The van der Waals surface area contributed by atoms with Crippen molar-refractivity contribution in [2.24, 2.45) is 5.73 Å². The highest BCUT2D eigenvalue weighted by atomic mass is 35.5. The van der Waals surface area contributed by atoms with Gasteiger partial charge < -0.3 is 5.73 Å². The Kier molecular flexibility index (Phi) is 5.22. The average molecular weight is 266 g/mol. The summed E-state index contributed by atoms with van der Waals surface area (Å²) in [5.41, 5.74) is 5.33. The van der Waals surface area contributed by atoms with Crippen LogP contribution in [0.2, 0.25) is 5.02 Å². The maximum Gasteiger partial charge on any atom is 0.390 e. The maximum absolute atomic E-state index is 11.9. The van der Waals surface area contributed by atoms with Crippen molar-refractivity contribution in [2.75, 3.05) is 0 Å². The molecule has 0 saturated carbocycles. The van der Waals surface area contributed by atoms with E-state index in [1.54, 1.807) is 5.38 Å². The number of alkyl halides is 3. The normalized spacial score (nSPS) is 13.5. The summed E-state index contributed by atoms with van der Waals surface area (Å²) in [7, 11) is 0. The lowest BCUT2D eigenvalue weighted by Crippen LogP contribution is -2.19. The molecule has 0 radical (unpaired) electrons. The second-order valence-corrected chi connectivity index (χ2v) is 3.91. The molecule has 2 N–H and O–H groups in total. The molecule has 82 valence electrons. The minimum Gasteiger partial charge on any atom is -0.323 e. The van der Waals surface area contributed by atoms with E-state index in [4.69, 9.17) is 17.3 Å². The fourth-order valence-electron chi connectivity index (χ4n) is 0.912. The van der Waals surface area contributed by atoms with E-state index in [9.17, 15) is 13.2 Å². The summed E-state index contributed by atoms with van der Waals surface area (Å²) in [4.78, 5) is 0.388. The average Bonchev–Trinajstić information content (AvgIpc) is 2.30. The Morgan fingerprint density at radius 2 is 2.07 bits per heavy atom. The SMILES string of the molecule is Cl.N[C@@H](CC(F)(F)F)c1sccc1Cl. The minimum atomic E-state index is -4.24. The number of hydrogen-bond donors (Lipinski definition) is 1. The van der Waals surface area contributed by atoms with Crippen molar-refractivity contribution < 1.29 is 13.2 Å². The van der Waals surface area contributed by atoms with Crippen molar-refractivity contribution in [3.8, 4) is 0 Å². The van der Waals surface area contributed by atoms with Gasteiger partial charge in [0.05, 0.1) is 11.4 Å². The van der Waals surface area contributed by atoms with Crippen LogP contribution >= 0.6 is 35.3 Å². The van der Waals surface area contributed by atoms with Gasteiger partial charge in [0.2, 0.25) is 0 Å². The van der Waals surface area contributed by atoms with Crippen LogP contribution in [0, 0.1) is 0 Å². The summed E-state index contributed by atoms with van der Waals surface area (Å²) in [6.45, 7) is 0. The Bertz CT molecular complexity index is 287. The molecular formula is C7H8Cl2F3NS.